The fraction of sp³-hybridized carbons (Fsp3) is 0.125. The highest BCUT2D eigenvalue weighted by Gasteiger charge is 2.12. The number of halogens is 1. The zero-order valence-corrected chi connectivity index (χ0v) is 11.2. The van der Waals surface area contributed by atoms with Crippen LogP contribution >= 0.6 is 0 Å². The highest BCUT2D eigenvalue weighted by Crippen LogP contribution is 2.27. The molecule has 0 unspecified atom stereocenters. The van der Waals surface area contributed by atoms with E-state index in [0.717, 1.165) is 28.0 Å². The zero-order valence-electron chi connectivity index (χ0n) is 11.2. The maximum absolute atomic E-state index is 13.2. The van der Waals surface area contributed by atoms with Gasteiger partial charge in [-0.3, -0.25) is 0 Å². The monoisotopic (exact) mass is 265 g/mol. The number of aromatic nitrogens is 2. The Morgan fingerprint density at radius 3 is 2.70 bits per heavy atom. The molecule has 1 aromatic heterocycles. The van der Waals surface area contributed by atoms with Gasteiger partial charge in [0.2, 0.25) is 0 Å². The summed E-state index contributed by atoms with van der Waals surface area (Å²) in [6.07, 6.45) is 0. The SMILES string of the molecule is Cc1cc(F)ccc1-c1nc2cc(C#N)ccc2n1C. The van der Waals surface area contributed by atoms with Crippen LogP contribution in [0.2, 0.25) is 0 Å². The van der Waals surface area contributed by atoms with Gasteiger partial charge in [-0.2, -0.15) is 5.26 Å². The normalized spacial score (nSPS) is 10.7. The Kier molecular flexibility index (Phi) is 2.76. The number of benzene rings is 2. The number of hydrogen-bond donors (Lipinski definition) is 0. The molecule has 0 radical (unpaired) electrons. The summed E-state index contributed by atoms with van der Waals surface area (Å²) in [6.45, 7) is 1.86. The lowest BCUT2D eigenvalue weighted by molar-refractivity contribution is 0.627. The van der Waals surface area contributed by atoms with Gasteiger partial charge in [-0.25, -0.2) is 9.37 Å². The first-order chi connectivity index (χ1) is 9.60. The number of imidazole rings is 1. The van der Waals surface area contributed by atoms with Crippen LogP contribution in [0, 0.1) is 24.1 Å². The summed E-state index contributed by atoms with van der Waals surface area (Å²) >= 11 is 0. The molecule has 0 saturated heterocycles. The lowest BCUT2D eigenvalue weighted by Crippen LogP contribution is -1.95. The lowest BCUT2D eigenvalue weighted by Gasteiger charge is -2.06. The second-order valence-electron chi connectivity index (χ2n) is 4.77. The number of nitrogens with zero attached hydrogens (tertiary/aromatic N) is 3. The topological polar surface area (TPSA) is 41.6 Å². The molecule has 0 spiro atoms. The van der Waals surface area contributed by atoms with Gasteiger partial charge in [0.25, 0.3) is 0 Å². The van der Waals surface area contributed by atoms with Crippen molar-refractivity contribution in [2.45, 2.75) is 6.92 Å². The molecular weight excluding hydrogens is 253 g/mol. The van der Waals surface area contributed by atoms with Crippen LogP contribution in [0.4, 0.5) is 4.39 Å². The molecule has 0 atom stereocenters. The molecule has 0 aliphatic rings. The van der Waals surface area contributed by atoms with Gasteiger partial charge in [-0.05, 0) is 48.9 Å². The fourth-order valence-corrected chi connectivity index (χ4v) is 2.39. The molecule has 4 heteroatoms. The minimum Gasteiger partial charge on any atom is -0.327 e. The van der Waals surface area contributed by atoms with Crippen molar-refractivity contribution in [2.24, 2.45) is 7.05 Å². The van der Waals surface area contributed by atoms with Gasteiger partial charge in [0.15, 0.2) is 0 Å². The fourth-order valence-electron chi connectivity index (χ4n) is 2.39. The van der Waals surface area contributed by atoms with E-state index in [4.69, 9.17) is 5.26 Å². The average molecular weight is 265 g/mol. The van der Waals surface area contributed by atoms with Crippen molar-refractivity contribution in [3.63, 3.8) is 0 Å². The lowest BCUT2D eigenvalue weighted by atomic mass is 10.1. The van der Waals surface area contributed by atoms with E-state index in [2.05, 4.69) is 11.1 Å². The van der Waals surface area contributed by atoms with Gasteiger partial charge < -0.3 is 4.57 Å². The third kappa shape index (κ3) is 1.84. The minimum absolute atomic E-state index is 0.253. The van der Waals surface area contributed by atoms with Crippen LogP contribution in [-0.4, -0.2) is 9.55 Å². The van der Waals surface area contributed by atoms with Crippen molar-refractivity contribution in [1.29, 1.82) is 5.26 Å². The molecule has 3 aromatic rings. The first-order valence-electron chi connectivity index (χ1n) is 6.23. The van der Waals surface area contributed by atoms with Gasteiger partial charge in [0.1, 0.15) is 11.6 Å². The molecule has 3 rings (SSSR count). The van der Waals surface area contributed by atoms with E-state index in [1.54, 1.807) is 18.2 Å². The molecule has 0 aliphatic carbocycles. The van der Waals surface area contributed by atoms with Gasteiger partial charge in [-0.1, -0.05) is 0 Å². The second kappa shape index (κ2) is 4.46. The van der Waals surface area contributed by atoms with E-state index in [9.17, 15) is 4.39 Å². The third-order valence-electron chi connectivity index (χ3n) is 3.44. The highest BCUT2D eigenvalue weighted by atomic mass is 19.1. The predicted octanol–water partition coefficient (Wildman–Crippen LogP) is 3.56. The molecule has 0 N–H and O–H groups in total. The predicted molar refractivity (Wildman–Crippen MR) is 75.6 cm³/mol. The molecule has 0 saturated carbocycles. The number of hydrogen-bond acceptors (Lipinski definition) is 2. The molecule has 0 bridgehead atoms. The van der Waals surface area contributed by atoms with E-state index >= 15 is 0 Å². The van der Waals surface area contributed by atoms with Crippen molar-refractivity contribution in [3.8, 4) is 17.5 Å². The molecule has 3 nitrogen and oxygen atoms in total. The Morgan fingerprint density at radius 2 is 2.00 bits per heavy atom. The van der Waals surface area contributed by atoms with E-state index < -0.39 is 0 Å². The Bertz CT molecular complexity index is 856. The summed E-state index contributed by atoms with van der Waals surface area (Å²) in [6, 6.07) is 12.2. The van der Waals surface area contributed by atoms with E-state index in [-0.39, 0.29) is 5.82 Å². The van der Waals surface area contributed by atoms with Gasteiger partial charge >= 0.3 is 0 Å². The number of nitriles is 1. The Hall–Kier alpha value is -2.67. The van der Waals surface area contributed by atoms with Crippen molar-refractivity contribution >= 4 is 11.0 Å². The van der Waals surface area contributed by atoms with Crippen LogP contribution < -0.4 is 0 Å². The second-order valence-corrected chi connectivity index (χ2v) is 4.77. The summed E-state index contributed by atoms with van der Waals surface area (Å²) in [4.78, 5) is 4.57. The molecule has 20 heavy (non-hydrogen) atoms. The summed E-state index contributed by atoms with van der Waals surface area (Å²) < 4.78 is 15.2. The summed E-state index contributed by atoms with van der Waals surface area (Å²) in [7, 11) is 1.92. The van der Waals surface area contributed by atoms with Crippen LogP contribution in [0.15, 0.2) is 36.4 Å². The van der Waals surface area contributed by atoms with E-state index in [1.807, 2.05) is 24.6 Å². The summed E-state index contributed by atoms with van der Waals surface area (Å²) in [5.74, 6) is 0.518. The smallest absolute Gasteiger partial charge is 0.141 e. The Labute approximate surface area is 115 Å². The minimum atomic E-state index is -0.253. The maximum Gasteiger partial charge on any atom is 0.141 e. The molecule has 0 fully saturated rings. The Morgan fingerprint density at radius 1 is 1.20 bits per heavy atom. The summed E-state index contributed by atoms with van der Waals surface area (Å²) in [5.41, 5.74) is 4.03. The van der Waals surface area contributed by atoms with Crippen LogP contribution in [0.5, 0.6) is 0 Å². The number of aryl methyl sites for hydroxylation is 2. The van der Waals surface area contributed by atoms with Crippen molar-refractivity contribution in [2.75, 3.05) is 0 Å². The number of fused-ring (bicyclic) bond motifs is 1. The van der Waals surface area contributed by atoms with E-state index in [1.165, 1.54) is 12.1 Å². The van der Waals surface area contributed by atoms with Gasteiger partial charge in [0.05, 0.1) is 22.7 Å². The van der Waals surface area contributed by atoms with Crippen LogP contribution in [-0.2, 0) is 7.05 Å². The Balaban J connectivity index is 2.26. The first-order valence-corrected chi connectivity index (χ1v) is 6.23. The highest BCUT2D eigenvalue weighted by molar-refractivity contribution is 5.82. The van der Waals surface area contributed by atoms with Gasteiger partial charge in [0, 0.05) is 12.6 Å². The van der Waals surface area contributed by atoms with Gasteiger partial charge in [-0.15, -0.1) is 0 Å². The molecular formula is C16H12FN3. The molecule has 0 aliphatic heterocycles. The zero-order chi connectivity index (χ0) is 14.3. The molecule has 1 heterocycles. The maximum atomic E-state index is 13.2. The van der Waals surface area contributed by atoms with Crippen LogP contribution in [0.25, 0.3) is 22.4 Å². The molecule has 0 amide bonds. The largest absolute Gasteiger partial charge is 0.327 e. The first kappa shape index (κ1) is 12.4. The van der Waals surface area contributed by atoms with Crippen molar-refractivity contribution in [1.82, 2.24) is 9.55 Å². The number of rotatable bonds is 1. The quantitative estimate of drug-likeness (QED) is 0.675. The van der Waals surface area contributed by atoms with Crippen LogP contribution in [0.3, 0.4) is 0 Å². The van der Waals surface area contributed by atoms with Crippen LogP contribution in [0.1, 0.15) is 11.1 Å². The van der Waals surface area contributed by atoms with Crippen molar-refractivity contribution in [3.05, 3.63) is 53.3 Å². The summed E-state index contributed by atoms with van der Waals surface area (Å²) in [5, 5.41) is 8.94. The molecule has 98 valence electrons. The van der Waals surface area contributed by atoms with E-state index in [0.29, 0.717) is 5.56 Å². The standard InChI is InChI=1S/C16H12FN3/c1-10-7-12(17)4-5-13(10)16-19-14-8-11(9-18)3-6-15(14)20(16)2/h3-8H,1-2H3. The molecule has 2 aromatic carbocycles. The third-order valence-corrected chi connectivity index (χ3v) is 3.44. The van der Waals surface area contributed by atoms with Crippen molar-refractivity contribution < 1.29 is 4.39 Å². The average Bonchev–Trinajstić information content (AvgIpc) is 2.75.